The third-order valence-electron chi connectivity index (χ3n) is 5.30. The smallest absolute Gasteiger partial charge is 0.409 e. The van der Waals surface area contributed by atoms with Gasteiger partial charge in [0.2, 0.25) is 10.0 Å². The van der Waals surface area contributed by atoms with Crippen LogP contribution >= 0.6 is 0 Å². The Morgan fingerprint density at radius 2 is 1.50 bits per heavy atom. The van der Waals surface area contributed by atoms with Crippen LogP contribution in [0.25, 0.3) is 0 Å². The first-order valence-electron chi connectivity index (χ1n) is 9.59. The van der Waals surface area contributed by atoms with E-state index < -0.39 is 21.9 Å². The van der Waals surface area contributed by atoms with Crippen LogP contribution in [0.2, 0.25) is 0 Å². The molecule has 1 aliphatic carbocycles. The molecule has 0 bridgehead atoms. The van der Waals surface area contributed by atoms with Crippen LogP contribution < -0.4 is 0 Å². The molecule has 1 amide bonds. The number of ketones is 2. The zero-order valence-electron chi connectivity index (χ0n) is 16.3. The van der Waals surface area contributed by atoms with Crippen molar-refractivity contribution < 1.29 is 27.5 Å². The van der Waals surface area contributed by atoms with Crippen molar-refractivity contribution in [1.29, 1.82) is 0 Å². The third kappa shape index (κ3) is 3.20. The summed E-state index contributed by atoms with van der Waals surface area (Å²) < 4.78 is 32.9. The van der Waals surface area contributed by atoms with Gasteiger partial charge in [-0.05, 0) is 13.0 Å². The lowest BCUT2D eigenvalue weighted by molar-refractivity contribution is 0.0933. The number of piperazine rings is 1. The number of benzene rings is 2. The van der Waals surface area contributed by atoms with Crippen LogP contribution in [-0.2, 0) is 14.8 Å². The summed E-state index contributed by atoms with van der Waals surface area (Å²) in [6.07, 6.45) is -0.482. The van der Waals surface area contributed by atoms with Crippen LogP contribution in [0.4, 0.5) is 4.79 Å². The van der Waals surface area contributed by atoms with Gasteiger partial charge in [0, 0.05) is 42.9 Å². The van der Waals surface area contributed by atoms with Gasteiger partial charge in [0.15, 0.2) is 11.6 Å². The number of ether oxygens (including phenoxy) is 1. The fourth-order valence-electron chi connectivity index (χ4n) is 3.79. The summed E-state index contributed by atoms with van der Waals surface area (Å²) in [5.74, 6) is -0.853. The van der Waals surface area contributed by atoms with E-state index in [1.165, 1.54) is 33.5 Å². The SMILES string of the molecule is CCOC(=O)N1CCN(S(=O)(=O)c2cccc3c2C(=O)c2ccccc2C3=O)CC1. The number of carbonyl (C=O) groups is 3. The number of amides is 1. The highest BCUT2D eigenvalue weighted by atomic mass is 32.2. The van der Waals surface area contributed by atoms with Crippen LogP contribution in [0, 0.1) is 0 Å². The average Bonchev–Trinajstić information content (AvgIpc) is 2.77. The van der Waals surface area contributed by atoms with E-state index in [0.717, 1.165) is 0 Å². The molecule has 1 saturated heterocycles. The molecule has 0 spiro atoms. The van der Waals surface area contributed by atoms with Gasteiger partial charge in [0.05, 0.1) is 17.1 Å². The Morgan fingerprint density at radius 1 is 0.900 bits per heavy atom. The zero-order valence-corrected chi connectivity index (χ0v) is 17.1. The number of rotatable bonds is 3. The van der Waals surface area contributed by atoms with Gasteiger partial charge in [-0.3, -0.25) is 9.59 Å². The Labute approximate surface area is 174 Å². The van der Waals surface area contributed by atoms with E-state index in [4.69, 9.17) is 4.74 Å². The Bertz CT molecular complexity index is 1150. The molecular formula is C21H20N2O6S. The maximum absolute atomic E-state index is 13.4. The standard InChI is InChI=1S/C21H20N2O6S/c1-2-29-21(26)22-10-12-23(13-11-22)30(27,28)17-9-5-8-16-18(17)20(25)15-7-4-3-6-14(15)19(16)24/h3-9H,2,10-13H2,1H3. The molecule has 0 aromatic heterocycles. The van der Waals surface area contributed by atoms with Crippen LogP contribution in [0.1, 0.15) is 38.8 Å². The molecule has 9 heteroatoms. The summed E-state index contributed by atoms with van der Waals surface area (Å²) in [6, 6.07) is 10.7. The number of nitrogens with zero attached hydrogens (tertiary/aromatic N) is 2. The molecule has 2 aromatic rings. The second kappa shape index (κ2) is 7.66. The number of hydrogen-bond donors (Lipinski definition) is 0. The minimum atomic E-state index is -4.04. The minimum Gasteiger partial charge on any atom is -0.450 e. The topological polar surface area (TPSA) is 101 Å². The molecule has 1 fully saturated rings. The van der Waals surface area contributed by atoms with Crippen molar-refractivity contribution in [2.75, 3.05) is 32.8 Å². The molecule has 4 rings (SSSR count). The van der Waals surface area contributed by atoms with Gasteiger partial charge in [-0.1, -0.05) is 36.4 Å². The summed E-state index contributed by atoms with van der Waals surface area (Å²) in [7, 11) is -4.04. The monoisotopic (exact) mass is 428 g/mol. The summed E-state index contributed by atoms with van der Waals surface area (Å²) in [6.45, 7) is 2.46. The first-order valence-corrected chi connectivity index (χ1v) is 11.0. The van der Waals surface area contributed by atoms with Crippen molar-refractivity contribution in [3.8, 4) is 0 Å². The summed E-state index contributed by atoms with van der Waals surface area (Å²) in [5.41, 5.74) is 0.469. The second-order valence-electron chi connectivity index (χ2n) is 6.97. The van der Waals surface area contributed by atoms with Crippen LogP contribution in [0.5, 0.6) is 0 Å². The van der Waals surface area contributed by atoms with Crippen LogP contribution in [0.15, 0.2) is 47.4 Å². The molecule has 2 aromatic carbocycles. The van der Waals surface area contributed by atoms with Gasteiger partial charge in [0.1, 0.15) is 0 Å². The van der Waals surface area contributed by atoms with Crippen LogP contribution in [-0.4, -0.2) is 68.1 Å². The maximum Gasteiger partial charge on any atom is 0.409 e. The lowest BCUT2D eigenvalue weighted by atomic mass is 9.84. The molecule has 156 valence electrons. The molecular weight excluding hydrogens is 408 g/mol. The predicted molar refractivity (Wildman–Crippen MR) is 107 cm³/mol. The van der Waals surface area contributed by atoms with Crippen molar-refractivity contribution >= 4 is 27.7 Å². The number of carbonyl (C=O) groups excluding carboxylic acids is 3. The highest BCUT2D eigenvalue weighted by Crippen LogP contribution is 2.33. The maximum atomic E-state index is 13.4. The molecule has 2 aliphatic rings. The van der Waals surface area contributed by atoms with Crippen molar-refractivity contribution in [3.63, 3.8) is 0 Å². The van der Waals surface area contributed by atoms with E-state index in [-0.39, 0.29) is 65.7 Å². The van der Waals surface area contributed by atoms with Crippen LogP contribution in [0.3, 0.4) is 0 Å². The first kappa shape index (κ1) is 20.2. The molecule has 1 heterocycles. The molecule has 0 atom stereocenters. The van der Waals surface area contributed by atoms with Gasteiger partial charge < -0.3 is 9.64 Å². The van der Waals surface area contributed by atoms with E-state index in [1.54, 1.807) is 25.1 Å². The lowest BCUT2D eigenvalue weighted by Gasteiger charge is -2.33. The quantitative estimate of drug-likeness (QED) is 0.632. The number of fused-ring (bicyclic) bond motifs is 2. The van der Waals surface area contributed by atoms with Crippen molar-refractivity contribution in [2.24, 2.45) is 0 Å². The number of sulfonamides is 1. The zero-order chi connectivity index (χ0) is 21.5. The lowest BCUT2D eigenvalue weighted by Crippen LogP contribution is -2.50. The average molecular weight is 428 g/mol. The molecule has 0 N–H and O–H groups in total. The fourth-order valence-corrected chi connectivity index (χ4v) is 5.43. The van der Waals surface area contributed by atoms with Gasteiger partial charge >= 0.3 is 6.09 Å². The molecule has 0 radical (unpaired) electrons. The Kier molecular flexibility index (Phi) is 5.17. The van der Waals surface area contributed by atoms with E-state index in [9.17, 15) is 22.8 Å². The Morgan fingerprint density at radius 3 is 2.13 bits per heavy atom. The summed E-state index contributed by atoms with van der Waals surface area (Å²) in [4.78, 5) is 39.1. The fraction of sp³-hybridized carbons (Fsp3) is 0.286. The van der Waals surface area contributed by atoms with E-state index in [0.29, 0.717) is 0 Å². The van der Waals surface area contributed by atoms with Crippen molar-refractivity contribution in [1.82, 2.24) is 9.21 Å². The van der Waals surface area contributed by atoms with Gasteiger partial charge in [-0.25, -0.2) is 13.2 Å². The molecule has 1 aliphatic heterocycles. The predicted octanol–water partition coefficient (Wildman–Crippen LogP) is 1.92. The highest BCUT2D eigenvalue weighted by molar-refractivity contribution is 7.89. The van der Waals surface area contributed by atoms with Crippen molar-refractivity contribution in [3.05, 3.63) is 64.7 Å². The minimum absolute atomic E-state index is 0.0730. The Balaban J connectivity index is 1.68. The number of hydrogen-bond acceptors (Lipinski definition) is 6. The van der Waals surface area contributed by atoms with Crippen molar-refractivity contribution in [2.45, 2.75) is 11.8 Å². The molecule has 0 saturated carbocycles. The third-order valence-corrected chi connectivity index (χ3v) is 7.24. The highest BCUT2D eigenvalue weighted by Gasteiger charge is 2.38. The van der Waals surface area contributed by atoms with E-state index >= 15 is 0 Å². The normalized spacial score (nSPS) is 16.8. The van der Waals surface area contributed by atoms with Gasteiger partial charge in [-0.15, -0.1) is 0 Å². The van der Waals surface area contributed by atoms with Gasteiger partial charge in [-0.2, -0.15) is 4.31 Å². The molecule has 0 unspecified atom stereocenters. The Hall–Kier alpha value is -3.04. The first-order chi connectivity index (χ1) is 14.4. The largest absolute Gasteiger partial charge is 0.450 e. The second-order valence-corrected chi connectivity index (χ2v) is 8.88. The van der Waals surface area contributed by atoms with Gasteiger partial charge in [0.25, 0.3) is 0 Å². The summed E-state index contributed by atoms with van der Waals surface area (Å²) in [5, 5.41) is 0. The summed E-state index contributed by atoms with van der Waals surface area (Å²) >= 11 is 0. The molecule has 30 heavy (non-hydrogen) atoms. The van der Waals surface area contributed by atoms with E-state index in [1.807, 2.05) is 0 Å². The molecule has 8 nitrogen and oxygen atoms in total. The van der Waals surface area contributed by atoms with E-state index in [2.05, 4.69) is 0 Å².